The number of nitrogens with zero attached hydrogens (tertiary/aromatic N) is 2. The van der Waals surface area contributed by atoms with E-state index < -0.39 is 5.97 Å². The Morgan fingerprint density at radius 1 is 1.47 bits per heavy atom. The Morgan fingerprint density at radius 2 is 2.32 bits per heavy atom. The van der Waals surface area contributed by atoms with Crippen molar-refractivity contribution in [3.8, 4) is 0 Å². The predicted molar refractivity (Wildman–Crippen MR) is 69.9 cm³/mol. The fraction of sp³-hybridized carbons (Fsp3) is 0.462. The van der Waals surface area contributed by atoms with Crippen LogP contribution in [-0.4, -0.2) is 39.6 Å². The molecule has 0 aromatic carbocycles. The summed E-state index contributed by atoms with van der Waals surface area (Å²) < 4.78 is 0. The number of aromatic nitrogens is 1. The Hall–Kier alpha value is -2.11. The number of carbonyl (C=O) groups is 2. The number of urea groups is 1. The van der Waals surface area contributed by atoms with Crippen molar-refractivity contribution in [2.24, 2.45) is 0 Å². The molecule has 0 radical (unpaired) electrons. The molecule has 0 aliphatic carbocycles. The number of rotatable bonds is 3. The number of nitrogens with one attached hydrogen (secondary N) is 1. The fourth-order valence-electron chi connectivity index (χ4n) is 2.31. The normalized spacial score (nSPS) is 18.9. The van der Waals surface area contributed by atoms with E-state index in [1.807, 2.05) is 0 Å². The summed E-state index contributed by atoms with van der Waals surface area (Å²) in [5, 5.41) is 11.6. The van der Waals surface area contributed by atoms with Crippen LogP contribution in [0.3, 0.4) is 0 Å². The van der Waals surface area contributed by atoms with Gasteiger partial charge in [0.25, 0.3) is 0 Å². The topological polar surface area (TPSA) is 82.5 Å². The maximum absolute atomic E-state index is 12.2. The van der Waals surface area contributed by atoms with E-state index in [4.69, 9.17) is 5.11 Å². The first-order valence-corrected chi connectivity index (χ1v) is 6.36. The number of piperidine rings is 1. The molecule has 2 heterocycles. The number of aliphatic carboxylic acids is 1. The minimum Gasteiger partial charge on any atom is -0.481 e. The lowest BCUT2D eigenvalue weighted by Crippen LogP contribution is -2.46. The van der Waals surface area contributed by atoms with Crippen LogP contribution in [0.25, 0.3) is 0 Å². The highest BCUT2D eigenvalue weighted by Crippen LogP contribution is 2.20. The average molecular weight is 263 g/mol. The van der Waals surface area contributed by atoms with E-state index in [1.54, 1.807) is 29.4 Å². The highest BCUT2D eigenvalue weighted by molar-refractivity contribution is 5.89. The van der Waals surface area contributed by atoms with Crippen molar-refractivity contribution in [3.63, 3.8) is 0 Å². The van der Waals surface area contributed by atoms with Crippen LogP contribution in [0, 0.1) is 0 Å². The van der Waals surface area contributed by atoms with E-state index in [0.717, 1.165) is 19.3 Å². The Bertz CT molecular complexity index is 450. The summed E-state index contributed by atoms with van der Waals surface area (Å²) in [4.78, 5) is 28.5. The molecule has 1 saturated heterocycles. The number of hydrogen-bond acceptors (Lipinski definition) is 3. The number of amides is 2. The first-order valence-electron chi connectivity index (χ1n) is 6.36. The summed E-state index contributed by atoms with van der Waals surface area (Å²) in [6.45, 7) is 0.601. The van der Waals surface area contributed by atoms with Gasteiger partial charge in [0.05, 0.1) is 18.3 Å². The van der Waals surface area contributed by atoms with Crippen molar-refractivity contribution in [3.05, 3.63) is 24.5 Å². The maximum Gasteiger partial charge on any atom is 0.322 e. The van der Waals surface area contributed by atoms with Gasteiger partial charge in [0, 0.05) is 18.8 Å². The molecule has 6 heteroatoms. The number of pyridine rings is 1. The molecule has 2 N–H and O–H groups in total. The zero-order valence-corrected chi connectivity index (χ0v) is 10.6. The smallest absolute Gasteiger partial charge is 0.322 e. The van der Waals surface area contributed by atoms with Gasteiger partial charge in [-0.15, -0.1) is 0 Å². The first-order chi connectivity index (χ1) is 9.16. The summed E-state index contributed by atoms with van der Waals surface area (Å²) >= 11 is 0. The van der Waals surface area contributed by atoms with Crippen molar-refractivity contribution in [2.75, 3.05) is 11.9 Å². The average Bonchev–Trinajstić information content (AvgIpc) is 2.39. The molecule has 1 aliphatic heterocycles. The van der Waals surface area contributed by atoms with Gasteiger partial charge in [-0.2, -0.15) is 0 Å². The number of carboxylic acids is 1. The number of anilines is 1. The van der Waals surface area contributed by atoms with Crippen LogP contribution >= 0.6 is 0 Å². The number of carboxylic acid groups (broad SMARTS) is 1. The summed E-state index contributed by atoms with van der Waals surface area (Å²) in [6, 6.07) is 3.02. The van der Waals surface area contributed by atoms with Gasteiger partial charge in [0.15, 0.2) is 0 Å². The van der Waals surface area contributed by atoms with Crippen LogP contribution in [-0.2, 0) is 4.79 Å². The summed E-state index contributed by atoms with van der Waals surface area (Å²) in [5.74, 6) is -0.869. The van der Waals surface area contributed by atoms with Gasteiger partial charge in [0.1, 0.15) is 0 Å². The summed E-state index contributed by atoms with van der Waals surface area (Å²) in [6.07, 6.45) is 5.82. The molecule has 0 bridgehead atoms. The van der Waals surface area contributed by atoms with Crippen LogP contribution in [0.5, 0.6) is 0 Å². The van der Waals surface area contributed by atoms with Crippen molar-refractivity contribution >= 4 is 17.7 Å². The van der Waals surface area contributed by atoms with Gasteiger partial charge in [-0.25, -0.2) is 4.79 Å². The van der Waals surface area contributed by atoms with Gasteiger partial charge in [0.2, 0.25) is 0 Å². The molecule has 1 fully saturated rings. The molecule has 2 amide bonds. The molecule has 1 aromatic heterocycles. The minimum absolute atomic E-state index is 0.000456. The lowest BCUT2D eigenvalue weighted by atomic mass is 10.00. The second kappa shape index (κ2) is 6.17. The SMILES string of the molecule is O=C(O)CC1CCCCN1C(=O)Nc1cccnc1. The molecule has 1 unspecified atom stereocenters. The molecule has 6 nitrogen and oxygen atoms in total. The third kappa shape index (κ3) is 3.67. The van der Waals surface area contributed by atoms with Gasteiger partial charge in [-0.05, 0) is 31.4 Å². The molecule has 0 spiro atoms. The largest absolute Gasteiger partial charge is 0.481 e. The molecule has 0 saturated carbocycles. The first kappa shape index (κ1) is 13.3. The van der Waals surface area contributed by atoms with Crippen molar-refractivity contribution in [1.29, 1.82) is 0 Å². The van der Waals surface area contributed by atoms with Crippen LogP contribution < -0.4 is 5.32 Å². The van der Waals surface area contributed by atoms with Crippen LogP contribution in [0.2, 0.25) is 0 Å². The quantitative estimate of drug-likeness (QED) is 0.873. The van der Waals surface area contributed by atoms with E-state index in [-0.39, 0.29) is 18.5 Å². The molecule has 102 valence electrons. The van der Waals surface area contributed by atoms with Crippen molar-refractivity contribution in [1.82, 2.24) is 9.88 Å². The molecule has 2 rings (SSSR count). The molecule has 1 aromatic rings. The lowest BCUT2D eigenvalue weighted by Gasteiger charge is -2.34. The standard InChI is InChI=1S/C13H17N3O3/c17-12(18)8-11-5-1-2-7-16(11)13(19)15-10-4-3-6-14-9-10/h3-4,6,9,11H,1-2,5,7-8H2,(H,15,19)(H,17,18). The Kier molecular flexibility index (Phi) is 4.33. The Morgan fingerprint density at radius 3 is 3.00 bits per heavy atom. The number of likely N-dealkylation sites (tertiary alicyclic amines) is 1. The van der Waals surface area contributed by atoms with Gasteiger partial charge in [-0.3, -0.25) is 9.78 Å². The molecule has 1 aliphatic rings. The van der Waals surface area contributed by atoms with Gasteiger partial charge < -0.3 is 15.3 Å². The Balaban J connectivity index is 2.01. The van der Waals surface area contributed by atoms with E-state index in [0.29, 0.717) is 12.2 Å². The number of carbonyl (C=O) groups excluding carboxylic acids is 1. The molecular weight excluding hydrogens is 246 g/mol. The van der Waals surface area contributed by atoms with E-state index in [2.05, 4.69) is 10.3 Å². The summed E-state index contributed by atoms with van der Waals surface area (Å²) in [7, 11) is 0. The van der Waals surface area contributed by atoms with Crippen LogP contribution in [0.4, 0.5) is 10.5 Å². The second-order valence-electron chi connectivity index (χ2n) is 4.61. The highest BCUT2D eigenvalue weighted by atomic mass is 16.4. The van der Waals surface area contributed by atoms with Crippen molar-refractivity contribution in [2.45, 2.75) is 31.7 Å². The third-order valence-corrected chi connectivity index (χ3v) is 3.21. The molecule has 1 atom stereocenters. The zero-order chi connectivity index (χ0) is 13.7. The maximum atomic E-state index is 12.2. The third-order valence-electron chi connectivity index (χ3n) is 3.21. The Labute approximate surface area is 111 Å². The number of hydrogen-bond donors (Lipinski definition) is 2. The van der Waals surface area contributed by atoms with Gasteiger partial charge in [-0.1, -0.05) is 0 Å². The highest BCUT2D eigenvalue weighted by Gasteiger charge is 2.28. The second-order valence-corrected chi connectivity index (χ2v) is 4.61. The van der Waals surface area contributed by atoms with Gasteiger partial charge >= 0.3 is 12.0 Å². The van der Waals surface area contributed by atoms with E-state index >= 15 is 0 Å². The van der Waals surface area contributed by atoms with Crippen LogP contribution in [0.1, 0.15) is 25.7 Å². The zero-order valence-electron chi connectivity index (χ0n) is 10.6. The summed E-state index contributed by atoms with van der Waals surface area (Å²) in [5.41, 5.74) is 0.618. The fourth-order valence-corrected chi connectivity index (χ4v) is 2.31. The van der Waals surface area contributed by atoms with E-state index in [1.165, 1.54) is 0 Å². The van der Waals surface area contributed by atoms with Crippen LogP contribution in [0.15, 0.2) is 24.5 Å². The molecular formula is C13H17N3O3. The lowest BCUT2D eigenvalue weighted by molar-refractivity contribution is -0.138. The molecule has 19 heavy (non-hydrogen) atoms. The monoisotopic (exact) mass is 263 g/mol. The predicted octanol–water partition coefficient (Wildman–Crippen LogP) is 1.94. The van der Waals surface area contributed by atoms with E-state index in [9.17, 15) is 9.59 Å². The minimum atomic E-state index is -0.869. The van der Waals surface area contributed by atoms with Crippen molar-refractivity contribution < 1.29 is 14.7 Å².